The summed E-state index contributed by atoms with van der Waals surface area (Å²) in [5, 5.41) is 12.6. The molecule has 0 spiro atoms. The molecule has 0 aliphatic heterocycles. The molecule has 3 nitrogen and oxygen atoms in total. The number of benzene rings is 1. The average Bonchev–Trinajstić information content (AvgIpc) is 2.44. The molecule has 0 aromatic heterocycles. The Morgan fingerprint density at radius 3 is 2.67 bits per heavy atom. The van der Waals surface area contributed by atoms with Crippen molar-refractivity contribution < 1.29 is 4.74 Å². The van der Waals surface area contributed by atoms with Gasteiger partial charge in [0, 0.05) is 19.5 Å². The molecule has 1 aromatic rings. The summed E-state index contributed by atoms with van der Waals surface area (Å²) in [5.74, 6) is 1.75. The molecule has 0 saturated heterocycles. The minimum atomic E-state index is -0.598. The van der Waals surface area contributed by atoms with Crippen LogP contribution in [0.3, 0.4) is 0 Å². The molecule has 0 aliphatic rings. The van der Waals surface area contributed by atoms with E-state index < -0.39 is 5.54 Å². The van der Waals surface area contributed by atoms with E-state index >= 15 is 0 Å². The second-order valence-corrected chi connectivity index (χ2v) is 5.14. The van der Waals surface area contributed by atoms with Crippen LogP contribution in [0.2, 0.25) is 0 Å². The molecular formula is C14H20N2OS. The van der Waals surface area contributed by atoms with E-state index in [1.54, 1.807) is 18.9 Å². The molecule has 0 fully saturated rings. The van der Waals surface area contributed by atoms with Crippen LogP contribution >= 0.6 is 11.8 Å². The van der Waals surface area contributed by atoms with Crippen LogP contribution in [0.5, 0.6) is 0 Å². The van der Waals surface area contributed by atoms with Crippen molar-refractivity contribution in [2.75, 3.05) is 32.3 Å². The maximum atomic E-state index is 9.48. The first kappa shape index (κ1) is 15.0. The largest absolute Gasteiger partial charge is 0.385 e. The van der Waals surface area contributed by atoms with Crippen LogP contribution < -0.4 is 5.32 Å². The van der Waals surface area contributed by atoms with Gasteiger partial charge in [0.2, 0.25) is 0 Å². The number of ether oxygens (including phenoxy) is 1. The molecule has 0 heterocycles. The molecule has 1 atom stereocenters. The molecule has 1 rings (SSSR count). The molecule has 0 aliphatic carbocycles. The quantitative estimate of drug-likeness (QED) is 0.732. The lowest BCUT2D eigenvalue weighted by molar-refractivity contribution is 0.200. The van der Waals surface area contributed by atoms with E-state index in [9.17, 15) is 5.26 Å². The minimum Gasteiger partial charge on any atom is -0.385 e. The highest BCUT2D eigenvalue weighted by Crippen LogP contribution is 2.25. The summed E-state index contributed by atoms with van der Waals surface area (Å²) < 4.78 is 5.02. The van der Waals surface area contributed by atoms with Gasteiger partial charge in [0.1, 0.15) is 5.54 Å². The first-order valence-electron chi connectivity index (χ1n) is 6.01. The van der Waals surface area contributed by atoms with Gasteiger partial charge in [-0.3, -0.25) is 5.32 Å². The standard InChI is InChI=1S/C14H20N2OS/c1-16-14(11-15,12-18-10-6-9-17-2)13-7-4-3-5-8-13/h3-5,7-8,16H,6,9-10,12H2,1-2H3. The van der Waals surface area contributed by atoms with Gasteiger partial charge in [-0.2, -0.15) is 17.0 Å². The van der Waals surface area contributed by atoms with Crippen molar-refractivity contribution in [1.82, 2.24) is 5.32 Å². The van der Waals surface area contributed by atoms with Crippen molar-refractivity contribution in [3.8, 4) is 6.07 Å². The summed E-state index contributed by atoms with van der Waals surface area (Å²) in [7, 11) is 3.55. The van der Waals surface area contributed by atoms with Gasteiger partial charge in [-0.15, -0.1) is 0 Å². The first-order chi connectivity index (χ1) is 8.79. The highest BCUT2D eigenvalue weighted by Gasteiger charge is 2.29. The monoisotopic (exact) mass is 264 g/mol. The van der Waals surface area contributed by atoms with E-state index in [2.05, 4.69) is 11.4 Å². The van der Waals surface area contributed by atoms with Gasteiger partial charge < -0.3 is 4.74 Å². The Kier molecular flexibility index (Phi) is 6.81. The molecule has 0 radical (unpaired) electrons. The Hall–Kier alpha value is -1.02. The number of nitrogens with zero attached hydrogens (tertiary/aromatic N) is 1. The second kappa shape index (κ2) is 8.15. The van der Waals surface area contributed by atoms with Gasteiger partial charge in [0.15, 0.2) is 0 Å². The van der Waals surface area contributed by atoms with Crippen LogP contribution in [-0.2, 0) is 10.3 Å². The van der Waals surface area contributed by atoms with E-state index in [4.69, 9.17) is 4.74 Å². The van der Waals surface area contributed by atoms with Crippen LogP contribution in [0, 0.1) is 11.3 Å². The van der Waals surface area contributed by atoms with Crippen LogP contribution in [-0.4, -0.2) is 32.3 Å². The highest BCUT2D eigenvalue weighted by molar-refractivity contribution is 7.99. The van der Waals surface area contributed by atoms with Gasteiger partial charge in [-0.1, -0.05) is 30.3 Å². The number of thioether (sulfide) groups is 1. The summed E-state index contributed by atoms with van der Waals surface area (Å²) >= 11 is 1.78. The predicted molar refractivity (Wildman–Crippen MR) is 76.6 cm³/mol. The molecule has 1 N–H and O–H groups in total. The third-order valence-electron chi connectivity index (χ3n) is 2.84. The van der Waals surface area contributed by atoms with Gasteiger partial charge in [-0.05, 0) is 24.8 Å². The third kappa shape index (κ3) is 4.02. The van der Waals surface area contributed by atoms with Crippen molar-refractivity contribution in [1.29, 1.82) is 5.26 Å². The number of nitrogens with one attached hydrogen (secondary N) is 1. The maximum absolute atomic E-state index is 9.48. The summed E-state index contributed by atoms with van der Waals surface area (Å²) in [5.41, 5.74) is 0.424. The molecule has 0 amide bonds. The SMILES string of the molecule is CNC(C#N)(CSCCCOC)c1ccccc1. The number of rotatable bonds is 8. The van der Waals surface area contributed by atoms with Crippen LogP contribution in [0.4, 0.5) is 0 Å². The van der Waals surface area contributed by atoms with E-state index in [0.717, 1.165) is 30.1 Å². The lowest BCUT2D eigenvalue weighted by atomic mass is 9.94. The molecule has 0 saturated carbocycles. The number of hydrogen-bond acceptors (Lipinski definition) is 4. The van der Waals surface area contributed by atoms with Crippen LogP contribution in [0.15, 0.2) is 30.3 Å². The highest BCUT2D eigenvalue weighted by atomic mass is 32.2. The Morgan fingerprint density at radius 2 is 2.11 bits per heavy atom. The van der Waals surface area contributed by atoms with E-state index in [1.165, 1.54) is 0 Å². The van der Waals surface area contributed by atoms with E-state index in [1.807, 2.05) is 37.4 Å². The van der Waals surface area contributed by atoms with Gasteiger partial charge >= 0.3 is 0 Å². The molecule has 18 heavy (non-hydrogen) atoms. The summed E-state index contributed by atoms with van der Waals surface area (Å²) in [6.07, 6.45) is 1.02. The van der Waals surface area contributed by atoms with Gasteiger partial charge in [0.05, 0.1) is 6.07 Å². The number of nitriles is 1. The van der Waals surface area contributed by atoms with Crippen LogP contribution in [0.1, 0.15) is 12.0 Å². The second-order valence-electron chi connectivity index (χ2n) is 4.03. The molecule has 0 bridgehead atoms. The fourth-order valence-corrected chi connectivity index (χ4v) is 2.85. The van der Waals surface area contributed by atoms with Crippen molar-refractivity contribution in [3.63, 3.8) is 0 Å². The van der Waals surface area contributed by atoms with Crippen molar-refractivity contribution in [2.24, 2.45) is 0 Å². The summed E-state index contributed by atoms with van der Waals surface area (Å²) in [4.78, 5) is 0. The molecular weight excluding hydrogens is 244 g/mol. The van der Waals surface area contributed by atoms with E-state index in [-0.39, 0.29) is 0 Å². The smallest absolute Gasteiger partial charge is 0.141 e. The molecule has 4 heteroatoms. The van der Waals surface area contributed by atoms with Crippen molar-refractivity contribution in [3.05, 3.63) is 35.9 Å². The molecule has 1 unspecified atom stereocenters. The minimum absolute atomic E-state index is 0.598. The van der Waals surface area contributed by atoms with Crippen molar-refractivity contribution in [2.45, 2.75) is 12.0 Å². The fraction of sp³-hybridized carbons (Fsp3) is 0.500. The van der Waals surface area contributed by atoms with Crippen molar-refractivity contribution >= 4 is 11.8 Å². The summed E-state index contributed by atoms with van der Waals surface area (Å²) in [6.45, 7) is 0.775. The topological polar surface area (TPSA) is 45.0 Å². The zero-order valence-corrected chi connectivity index (χ0v) is 11.8. The zero-order valence-electron chi connectivity index (χ0n) is 11.0. The molecule has 1 aromatic carbocycles. The number of hydrogen-bond donors (Lipinski definition) is 1. The fourth-order valence-electron chi connectivity index (χ4n) is 1.71. The van der Waals surface area contributed by atoms with Crippen LogP contribution in [0.25, 0.3) is 0 Å². The predicted octanol–water partition coefficient (Wildman–Crippen LogP) is 2.39. The van der Waals surface area contributed by atoms with Gasteiger partial charge in [-0.25, -0.2) is 0 Å². The lowest BCUT2D eigenvalue weighted by Gasteiger charge is -2.26. The maximum Gasteiger partial charge on any atom is 0.141 e. The van der Waals surface area contributed by atoms with Gasteiger partial charge in [0.25, 0.3) is 0 Å². The molecule has 98 valence electrons. The third-order valence-corrected chi connectivity index (χ3v) is 4.05. The Morgan fingerprint density at radius 1 is 1.39 bits per heavy atom. The Labute approximate surface area is 114 Å². The lowest BCUT2D eigenvalue weighted by Crippen LogP contribution is -2.41. The Balaban J connectivity index is 2.62. The number of methoxy groups -OCH3 is 1. The zero-order chi connectivity index (χ0) is 13.3. The van der Waals surface area contributed by atoms with E-state index in [0.29, 0.717) is 0 Å². The summed E-state index contributed by atoms with van der Waals surface area (Å²) in [6, 6.07) is 12.3. The Bertz CT molecular complexity index is 377. The average molecular weight is 264 g/mol. The first-order valence-corrected chi connectivity index (χ1v) is 7.17. The normalized spacial score (nSPS) is 13.8.